The second kappa shape index (κ2) is 18.5. The molecule has 2 spiro atoms. The Morgan fingerprint density at radius 2 is 1.33 bits per heavy atom. The number of fused-ring (bicyclic) bond motifs is 1. The third-order valence-electron chi connectivity index (χ3n) is 17.1. The molecule has 4 aliphatic carbocycles. The van der Waals surface area contributed by atoms with Crippen LogP contribution in [0.1, 0.15) is 146 Å². The number of piperidine rings is 1. The van der Waals surface area contributed by atoms with Crippen LogP contribution in [0.4, 0.5) is 0 Å². The summed E-state index contributed by atoms with van der Waals surface area (Å²) in [5.74, 6) is -16.8. The highest BCUT2D eigenvalue weighted by Gasteiger charge is 2.85. The van der Waals surface area contributed by atoms with Crippen molar-refractivity contribution < 1.29 is 69.9 Å². The highest BCUT2D eigenvalue weighted by Crippen LogP contribution is 2.88. The molecular weight excluding hydrogens is 919 g/mol. The van der Waals surface area contributed by atoms with E-state index in [9.17, 15) is 65.1 Å². The standard InChI is InChI=1S/C47H79N7O14S/c1-11-28-24-44(28,37(59)51-69-54(45(62,63)40(7,8)60)46(64,65)47(66,67)68)50-34(56)30-25-43(39(5,6)42(43)21-17-22-42)26-52(30)36(58)32(38(2,3)4)49-35(57)31(27-18-13-12-14-19-27)48-33(55)29-20-15-16-23-53(29)41(9,10)61/h11,27-32,60-68H,1,12-26H2,2-10H3,(H,48,55)(H,49,57)(H,50,56)(H,51,59). The molecule has 6 rings (SSSR count). The van der Waals surface area contributed by atoms with Crippen LogP contribution in [0.25, 0.3) is 0 Å². The summed E-state index contributed by atoms with van der Waals surface area (Å²) in [6, 6.07) is -4.01. The predicted octanol–water partition coefficient (Wildman–Crippen LogP) is -0.317. The lowest BCUT2D eigenvalue weighted by atomic mass is 9.73. The zero-order valence-electron chi connectivity index (χ0n) is 41.7. The van der Waals surface area contributed by atoms with Crippen LogP contribution < -0.4 is 20.7 Å². The molecule has 392 valence electrons. The Balaban J connectivity index is 1.29. The van der Waals surface area contributed by atoms with Gasteiger partial charge in [0.05, 0.1) is 6.04 Å². The van der Waals surface area contributed by atoms with E-state index in [0.29, 0.717) is 25.8 Å². The molecule has 69 heavy (non-hydrogen) atoms. The van der Waals surface area contributed by atoms with Gasteiger partial charge in [-0.25, -0.2) is 0 Å². The zero-order valence-corrected chi connectivity index (χ0v) is 42.5. The van der Waals surface area contributed by atoms with Gasteiger partial charge in [0.25, 0.3) is 11.8 Å². The molecule has 0 bridgehead atoms. The number of likely N-dealkylation sites (tertiary alicyclic amines) is 2. The minimum absolute atomic E-state index is 0.0541. The fourth-order valence-electron chi connectivity index (χ4n) is 12.3. The van der Waals surface area contributed by atoms with Gasteiger partial charge in [-0.1, -0.05) is 72.8 Å². The van der Waals surface area contributed by atoms with Crippen LogP contribution in [-0.2, 0) is 24.0 Å². The van der Waals surface area contributed by atoms with Crippen LogP contribution >= 0.6 is 12.1 Å². The second-order valence-corrected chi connectivity index (χ2v) is 24.3. The van der Waals surface area contributed by atoms with Crippen LogP contribution in [0, 0.1) is 33.5 Å². The summed E-state index contributed by atoms with van der Waals surface area (Å²) < 4.78 is 1.66. The number of hydrogen-bond donors (Lipinski definition) is 13. The van der Waals surface area contributed by atoms with Crippen molar-refractivity contribution in [3.05, 3.63) is 12.7 Å². The fraction of sp³-hybridized carbons (Fsp3) is 0.851. The minimum Gasteiger partial charge on any atom is -0.383 e. The first-order valence-corrected chi connectivity index (χ1v) is 25.2. The number of rotatable bonds is 17. The number of nitrogens with zero attached hydrogens (tertiary/aromatic N) is 3. The smallest absolute Gasteiger partial charge is 0.350 e. The first-order valence-electron chi connectivity index (χ1n) is 24.4. The third kappa shape index (κ3) is 9.59. The number of carbonyl (C=O) groups is 5. The van der Waals surface area contributed by atoms with Crippen molar-refractivity contribution in [2.24, 2.45) is 33.5 Å². The Bertz CT molecular complexity index is 1970. The molecule has 6 aliphatic rings. The highest BCUT2D eigenvalue weighted by atomic mass is 32.2. The van der Waals surface area contributed by atoms with E-state index in [1.54, 1.807) is 39.5 Å². The summed E-state index contributed by atoms with van der Waals surface area (Å²) in [6.07, 6.45) is 10.5. The average molecular weight is 998 g/mol. The topological polar surface area (TPSA) is 325 Å². The van der Waals surface area contributed by atoms with Crippen molar-refractivity contribution in [1.29, 1.82) is 0 Å². The summed E-state index contributed by atoms with van der Waals surface area (Å²) in [4.78, 5) is 76.7. The zero-order chi connectivity index (χ0) is 51.9. The SMILES string of the molecule is C=CC1CC1(NC(=O)C1CC2(CN1C(=O)C(NC(=O)C(NC(=O)C1CCCCN1C(C)(C)O)C1CCCCC1)C(C)(C)C)C(C)(C)C21CCC1)C(=O)NSN(C(O)(O)C(C)(C)O)C(O)(O)C(O)(O)O. The van der Waals surface area contributed by atoms with Crippen LogP contribution in [0.3, 0.4) is 0 Å². The molecule has 6 fully saturated rings. The maximum Gasteiger partial charge on any atom is 0.350 e. The molecular formula is C47H79N7O14S. The Morgan fingerprint density at radius 3 is 1.81 bits per heavy atom. The largest absolute Gasteiger partial charge is 0.383 e. The van der Waals surface area contributed by atoms with Crippen molar-refractivity contribution >= 4 is 41.7 Å². The maximum absolute atomic E-state index is 15.4. The molecule has 4 saturated carbocycles. The van der Waals surface area contributed by atoms with Crippen molar-refractivity contribution in [3.8, 4) is 0 Å². The van der Waals surface area contributed by atoms with Gasteiger partial charge in [-0.15, -0.1) is 10.9 Å². The highest BCUT2D eigenvalue weighted by molar-refractivity contribution is 7.95. The minimum atomic E-state index is -4.48. The van der Waals surface area contributed by atoms with E-state index in [1.165, 1.54) is 11.0 Å². The predicted molar refractivity (Wildman–Crippen MR) is 250 cm³/mol. The fourth-order valence-corrected chi connectivity index (χ4v) is 13.3. The van der Waals surface area contributed by atoms with Crippen molar-refractivity contribution in [2.45, 2.75) is 205 Å². The molecule has 0 radical (unpaired) electrons. The van der Waals surface area contributed by atoms with Gasteiger partial charge in [-0.3, -0.25) is 33.6 Å². The van der Waals surface area contributed by atoms with Gasteiger partial charge in [0.2, 0.25) is 23.6 Å². The second-order valence-electron chi connectivity index (χ2n) is 23.5. The molecule has 21 nitrogen and oxygen atoms in total. The lowest BCUT2D eigenvalue weighted by Gasteiger charge is -2.47. The Morgan fingerprint density at radius 1 is 0.739 bits per heavy atom. The van der Waals surface area contributed by atoms with E-state index in [2.05, 4.69) is 41.1 Å². The molecule has 0 aromatic rings. The number of amides is 5. The summed E-state index contributed by atoms with van der Waals surface area (Å²) in [5, 5.41) is 102. The quantitative estimate of drug-likeness (QED) is 0.0505. The molecule has 7 atom stereocenters. The number of carbonyl (C=O) groups excluding carboxylic acids is 5. The molecule has 0 aromatic heterocycles. The molecule has 22 heteroatoms. The molecule has 2 aliphatic heterocycles. The van der Waals surface area contributed by atoms with Crippen LogP contribution in [0.15, 0.2) is 12.7 Å². The van der Waals surface area contributed by atoms with Crippen LogP contribution in [-0.4, -0.2) is 162 Å². The van der Waals surface area contributed by atoms with E-state index < -0.39 is 104 Å². The molecule has 7 unspecified atom stereocenters. The number of aliphatic hydroxyl groups is 9. The number of nitrogens with one attached hydrogen (secondary N) is 4. The first kappa shape index (κ1) is 55.3. The summed E-state index contributed by atoms with van der Waals surface area (Å²) in [7, 11) is 0. The molecule has 0 aromatic carbocycles. The van der Waals surface area contributed by atoms with Crippen molar-refractivity contribution in [3.63, 3.8) is 0 Å². The summed E-state index contributed by atoms with van der Waals surface area (Å²) in [6.45, 7) is 19.0. The van der Waals surface area contributed by atoms with Gasteiger partial charge < -0.3 is 66.8 Å². The summed E-state index contributed by atoms with van der Waals surface area (Å²) in [5.41, 5.74) is -7.67. The van der Waals surface area contributed by atoms with Gasteiger partial charge in [-0.2, -0.15) is 0 Å². The maximum atomic E-state index is 15.4. The van der Waals surface area contributed by atoms with Crippen LogP contribution in [0.5, 0.6) is 0 Å². The van der Waals surface area contributed by atoms with Crippen molar-refractivity contribution in [1.82, 2.24) is 34.8 Å². The van der Waals surface area contributed by atoms with E-state index >= 15 is 4.79 Å². The Hall–Kier alpha value is -3.00. The van der Waals surface area contributed by atoms with E-state index in [-0.39, 0.29) is 54.2 Å². The monoisotopic (exact) mass is 998 g/mol. The van der Waals surface area contributed by atoms with E-state index in [0.717, 1.165) is 65.2 Å². The van der Waals surface area contributed by atoms with Gasteiger partial charge in [0, 0.05) is 36.6 Å². The Labute approximate surface area is 409 Å². The van der Waals surface area contributed by atoms with Gasteiger partial charge >= 0.3 is 11.9 Å². The molecule has 5 amide bonds. The lowest BCUT2D eigenvalue weighted by Crippen LogP contribution is -2.74. The van der Waals surface area contributed by atoms with Gasteiger partial charge in [-0.05, 0) is 101 Å². The Kier molecular flexibility index (Phi) is 14.8. The molecule has 13 N–H and O–H groups in total. The first-order chi connectivity index (χ1) is 31.5. The average Bonchev–Trinajstić information content (AvgIpc) is 3.95. The number of hydrogen-bond acceptors (Lipinski definition) is 17. The van der Waals surface area contributed by atoms with Crippen LogP contribution in [0.2, 0.25) is 0 Å². The van der Waals surface area contributed by atoms with Gasteiger partial charge in [0.15, 0.2) is 0 Å². The van der Waals surface area contributed by atoms with E-state index in [4.69, 9.17) is 0 Å². The van der Waals surface area contributed by atoms with Crippen molar-refractivity contribution in [2.75, 3.05) is 13.1 Å². The summed E-state index contributed by atoms with van der Waals surface area (Å²) >= 11 is -0.338. The molecule has 2 saturated heterocycles. The van der Waals surface area contributed by atoms with E-state index in [1.807, 2.05) is 0 Å². The molecule has 2 heterocycles. The third-order valence-corrected chi connectivity index (χ3v) is 18.1. The normalized spacial score (nSPS) is 29.5. The lowest BCUT2D eigenvalue weighted by molar-refractivity contribution is -0.507. The van der Waals surface area contributed by atoms with Gasteiger partial charge in [0.1, 0.15) is 35.0 Å².